The van der Waals surface area contributed by atoms with Gasteiger partial charge in [-0.1, -0.05) is 60.3 Å². The molecular weight excluding hydrogens is 428 g/mol. The maximum atomic E-state index is 13.3. The van der Waals surface area contributed by atoms with E-state index in [4.69, 9.17) is 4.74 Å². The third kappa shape index (κ3) is 5.53. The summed E-state index contributed by atoms with van der Waals surface area (Å²) >= 11 is 3.00. The van der Waals surface area contributed by atoms with Crippen molar-refractivity contribution in [1.82, 2.24) is 15.2 Å². The number of nitrogens with zero attached hydrogens (tertiary/aromatic N) is 2. The first kappa shape index (κ1) is 21.1. The maximum absolute atomic E-state index is 13.3. The Bertz CT molecular complexity index is 1110. The van der Waals surface area contributed by atoms with Crippen LogP contribution in [0.5, 0.6) is 5.75 Å². The van der Waals surface area contributed by atoms with Gasteiger partial charge < -0.3 is 10.1 Å². The molecule has 0 aliphatic rings. The molecule has 2 aromatic carbocycles. The van der Waals surface area contributed by atoms with Crippen LogP contribution >= 0.6 is 23.1 Å². The van der Waals surface area contributed by atoms with Crippen molar-refractivity contribution in [2.24, 2.45) is 0 Å². The summed E-state index contributed by atoms with van der Waals surface area (Å²) in [6, 6.07) is 21.2. The van der Waals surface area contributed by atoms with Crippen molar-refractivity contribution < 1.29 is 9.53 Å². The lowest BCUT2D eigenvalue weighted by molar-refractivity contribution is -0.115. The number of nitrogens with one attached hydrogen (secondary N) is 2. The highest BCUT2D eigenvalue weighted by Crippen LogP contribution is 2.35. The van der Waals surface area contributed by atoms with E-state index in [1.54, 1.807) is 11.3 Å². The Kier molecular flexibility index (Phi) is 7.01. The number of carbonyl (C=O) groups is 1. The van der Waals surface area contributed by atoms with Crippen molar-refractivity contribution in [1.29, 1.82) is 0 Å². The molecule has 2 aromatic heterocycles. The van der Waals surface area contributed by atoms with E-state index < -0.39 is 5.25 Å². The number of hydrogen-bond acceptors (Lipinski definition) is 6. The number of thioether (sulfide) groups is 1. The zero-order chi connectivity index (χ0) is 21.5. The van der Waals surface area contributed by atoms with Gasteiger partial charge in [0.2, 0.25) is 11.1 Å². The van der Waals surface area contributed by atoms with Crippen LogP contribution < -0.4 is 10.1 Å². The molecule has 0 spiro atoms. The van der Waals surface area contributed by atoms with E-state index in [2.05, 4.69) is 26.6 Å². The minimum absolute atomic E-state index is 0.159. The fourth-order valence-electron chi connectivity index (χ4n) is 3.04. The largest absolute Gasteiger partial charge is 0.492 e. The molecule has 0 aliphatic carbocycles. The van der Waals surface area contributed by atoms with E-state index in [0.717, 1.165) is 11.4 Å². The Morgan fingerprint density at radius 2 is 1.94 bits per heavy atom. The quantitative estimate of drug-likeness (QED) is 0.337. The number of aromatic amines is 1. The maximum Gasteiger partial charge on any atom is 0.242 e. The van der Waals surface area contributed by atoms with Gasteiger partial charge in [-0.05, 0) is 36.1 Å². The van der Waals surface area contributed by atoms with Crippen LogP contribution in [-0.4, -0.2) is 27.7 Å². The second kappa shape index (κ2) is 10.3. The summed E-state index contributed by atoms with van der Waals surface area (Å²) in [7, 11) is 0. The lowest BCUT2D eigenvalue weighted by Crippen LogP contribution is -2.19. The van der Waals surface area contributed by atoms with Gasteiger partial charge in [-0.2, -0.15) is 0 Å². The number of ether oxygens (including phenoxy) is 1. The Labute approximate surface area is 189 Å². The van der Waals surface area contributed by atoms with Gasteiger partial charge in [0.25, 0.3) is 0 Å². The van der Waals surface area contributed by atoms with Crippen molar-refractivity contribution >= 4 is 34.7 Å². The summed E-state index contributed by atoms with van der Waals surface area (Å²) in [5.74, 6) is 1.26. The molecule has 0 radical (unpaired) electrons. The van der Waals surface area contributed by atoms with Crippen molar-refractivity contribution in [2.75, 3.05) is 11.9 Å². The zero-order valence-electron chi connectivity index (χ0n) is 16.9. The van der Waals surface area contributed by atoms with Crippen LogP contribution in [0.1, 0.15) is 28.4 Å². The summed E-state index contributed by atoms with van der Waals surface area (Å²) in [5.41, 5.74) is 1.52. The normalized spacial score (nSPS) is 11.8. The highest BCUT2D eigenvalue weighted by atomic mass is 32.2. The van der Waals surface area contributed by atoms with Crippen molar-refractivity contribution in [2.45, 2.75) is 23.8 Å². The summed E-state index contributed by atoms with van der Waals surface area (Å²) in [4.78, 5) is 19.1. The molecule has 8 heteroatoms. The molecule has 6 nitrogen and oxygen atoms in total. The molecule has 0 saturated carbocycles. The highest BCUT2D eigenvalue weighted by Gasteiger charge is 2.25. The van der Waals surface area contributed by atoms with Gasteiger partial charge in [-0.15, -0.1) is 16.4 Å². The third-order valence-electron chi connectivity index (χ3n) is 4.44. The Morgan fingerprint density at radius 3 is 2.71 bits per heavy atom. The average Bonchev–Trinajstić information content (AvgIpc) is 3.46. The molecule has 1 atom stereocenters. The summed E-state index contributed by atoms with van der Waals surface area (Å²) in [5, 5.41) is 12.4. The fourth-order valence-corrected chi connectivity index (χ4v) is 4.68. The van der Waals surface area contributed by atoms with Gasteiger partial charge in [0.1, 0.15) is 16.8 Å². The van der Waals surface area contributed by atoms with E-state index >= 15 is 0 Å². The predicted molar refractivity (Wildman–Crippen MR) is 125 cm³/mol. The van der Waals surface area contributed by atoms with Crippen LogP contribution in [-0.2, 0) is 11.2 Å². The number of thiophene rings is 1. The van der Waals surface area contributed by atoms with E-state index in [9.17, 15) is 4.79 Å². The van der Waals surface area contributed by atoms with Gasteiger partial charge in [0.05, 0.1) is 12.3 Å². The molecule has 0 aliphatic heterocycles. The van der Waals surface area contributed by atoms with Gasteiger partial charge in [-0.3, -0.25) is 9.89 Å². The molecule has 0 bridgehead atoms. The van der Waals surface area contributed by atoms with Crippen LogP contribution in [0.4, 0.5) is 5.69 Å². The topological polar surface area (TPSA) is 79.9 Å². The Balaban J connectivity index is 1.54. The number of H-pyrrole nitrogens is 1. The molecule has 158 valence electrons. The van der Waals surface area contributed by atoms with Crippen LogP contribution in [0, 0.1) is 0 Å². The van der Waals surface area contributed by atoms with Gasteiger partial charge in [0, 0.05) is 11.3 Å². The minimum Gasteiger partial charge on any atom is -0.492 e. The summed E-state index contributed by atoms with van der Waals surface area (Å²) < 4.78 is 5.64. The molecule has 1 unspecified atom stereocenters. The first-order chi connectivity index (χ1) is 15.2. The smallest absolute Gasteiger partial charge is 0.242 e. The molecule has 0 fully saturated rings. The van der Waals surface area contributed by atoms with E-state index in [1.165, 1.54) is 16.6 Å². The zero-order valence-corrected chi connectivity index (χ0v) is 18.6. The molecule has 31 heavy (non-hydrogen) atoms. The highest BCUT2D eigenvalue weighted by molar-refractivity contribution is 8.00. The second-order valence-corrected chi connectivity index (χ2v) is 8.75. The fraction of sp³-hybridized carbons (Fsp3) is 0.174. The predicted octanol–water partition coefficient (Wildman–Crippen LogP) is 5.33. The molecular formula is C23H22N4O2S2. The Hall–Kier alpha value is -3.10. The molecule has 4 rings (SSSR count). The molecule has 4 aromatic rings. The van der Waals surface area contributed by atoms with E-state index in [-0.39, 0.29) is 5.91 Å². The number of rotatable bonds is 9. The van der Waals surface area contributed by atoms with Crippen molar-refractivity contribution in [3.63, 3.8) is 0 Å². The van der Waals surface area contributed by atoms with E-state index in [1.807, 2.05) is 73.0 Å². The molecule has 0 saturated heterocycles. The van der Waals surface area contributed by atoms with Gasteiger partial charge in [0.15, 0.2) is 0 Å². The number of anilines is 1. The molecule has 2 heterocycles. The van der Waals surface area contributed by atoms with Crippen LogP contribution in [0.15, 0.2) is 77.3 Å². The van der Waals surface area contributed by atoms with Crippen molar-refractivity contribution in [3.05, 3.63) is 88.4 Å². The number of benzene rings is 2. The standard InChI is InChI=1S/C23H22N4O2S2/c1-2-29-19-13-7-6-12-18(19)24-22(28)21(16-9-4-3-5-10-16)31-23-25-20(26-27-23)15-17-11-8-14-30-17/h3-14,21H,2,15H2,1H3,(H,24,28)(H,25,26,27). The number of hydrogen-bond donors (Lipinski definition) is 2. The van der Waals surface area contributed by atoms with Gasteiger partial charge >= 0.3 is 0 Å². The monoisotopic (exact) mass is 450 g/mol. The van der Waals surface area contributed by atoms with Gasteiger partial charge in [-0.25, -0.2) is 4.98 Å². The van der Waals surface area contributed by atoms with Crippen LogP contribution in [0.3, 0.4) is 0 Å². The first-order valence-electron chi connectivity index (χ1n) is 9.91. The summed E-state index contributed by atoms with van der Waals surface area (Å²) in [6.45, 7) is 2.44. The van der Waals surface area contributed by atoms with E-state index in [0.29, 0.717) is 29.6 Å². The second-order valence-electron chi connectivity index (χ2n) is 6.65. The first-order valence-corrected chi connectivity index (χ1v) is 11.7. The number of para-hydroxylation sites is 2. The lowest BCUT2D eigenvalue weighted by Gasteiger charge is -2.17. The SMILES string of the molecule is CCOc1ccccc1NC(=O)C(Sc1n[nH]c(Cc2cccs2)n1)c1ccccc1. The number of amides is 1. The van der Waals surface area contributed by atoms with Crippen molar-refractivity contribution in [3.8, 4) is 5.75 Å². The van der Waals surface area contributed by atoms with Crippen LogP contribution in [0.25, 0.3) is 0 Å². The minimum atomic E-state index is -0.513. The van der Waals surface area contributed by atoms with Crippen LogP contribution in [0.2, 0.25) is 0 Å². The molecule has 1 amide bonds. The summed E-state index contributed by atoms with van der Waals surface area (Å²) in [6.07, 6.45) is 0.690. The molecule has 2 N–H and O–H groups in total. The average molecular weight is 451 g/mol. The number of carbonyl (C=O) groups excluding carboxylic acids is 1. The number of aromatic nitrogens is 3. The Morgan fingerprint density at radius 1 is 1.13 bits per heavy atom. The third-order valence-corrected chi connectivity index (χ3v) is 6.43. The lowest BCUT2D eigenvalue weighted by atomic mass is 10.1.